The van der Waals surface area contributed by atoms with Crippen LogP contribution in [0.3, 0.4) is 0 Å². The van der Waals surface area contributed by atoms with E-state index in [1.165, 1.54) is 0 Å². The number of hydrogen-bond acceptors (Lipinski definition) is 1. The van der Waals surface area contributed by atoms with Crippen LogP contribution < -0.4 is 4.74 Å². The van der Waals surface area contributed by atoms with Crippen LogP contribution in [-0.2, 0) is 0 Å². The van der Waals surface area contributed by atoms with E-state index in [0.29, 0.717) is 5.56 Å². The maximum absolute atomic E-state index is 12.1. The highest BCUT2D eigenvalue weighted by Crippen LogP contribution is 2.23. The van der Waals surface area contributed by atoms with Crippen LogP contribution >= 0.6 is 15.9 Å². The molecule has 1 aromatic rings. The van der Waals surface area contributed by atoms with Crippen molar-refractivity contribution in [3.05, 3.63) is 35.4 Å². The second-order valence-corrected chi connectivity index (χ2v) is 3.77. The standard InChI is InChI=1S/C12H13BrF2O/c1-2-9(8-13)7-10-5-3-4-6-11(10)16-12(14)15/h3-7,12H,2,8H2,1H3. The Hall–Kier alpha value is -0.900. The van der Waals surface area contributed by atoms with E-state index in [1.54, 1.807) is 24.3 Å². The van der Waals surface area contributed by atoms with Crippen LogP contribution in [0.5, 0.6) is 5.75 Å². The molecule has 16 heavy (non-hydrogen) atoms. The first-order valence-electron chi connectivity index (χ1n) is 4.96. The summed E-state index contributed by atoms with van der Waals surface area (Å²) in [6, 6.07) is 6.77. The van der Waals surface area contributed by atoms with Gasteiger partial charge in [-0.3, -0.25) is 0 Å². The number of alkyl halides is 3. The number of halogens is 3. The third-order valence-electron chi connectivity index (χ3n) is 2.12. The Balaban J connectivity index is 2.98. The molecule has 0 aliphatic carbocycles. The van der Waals surface area contributed by atoms with Crippen molar-refractivity contribution in [1.29, 1.82) is 0 Å². The largest absolute Gasteiger partial charge is 0.434 e. The van der Waals surface area contributed by atoms with E-state index in [-0.39, 0.29) is 5.75 Å². The molecule has 0 N–H and O–H groups in total. The van der Waals surface area contributed by atoms with Gasteiger partial charge in [0.1, 0.15) is 5.75 Å². The van der Waals surface area contributed by atoms with Gasteiger partial charge in [-0.25, -0.2) is 0 Å². The number of benzene rings is 1. The SMILES string of the molecule is CCC(=Cc1ccccc1OC(F)F)CBr. The summed E-state index contributed by atoms with van der Waals surface area (Å²) in [4.78, 5) is 0. The lowest BCUT2D eigenvalue weighted by atomic mass is 10.1. The second kappa shape index (κ2) is 6.63. The molecule has 0 heterocycles. The lowest BCUT2D eigenvalue weighted by molar-refractivity contribution is -0.0499. The minimum Gasteiger partial charge on any atom is -0.434 e. The molecular weight excluding hydrogens is 278 g/mol. The quantitative estimate of drug-likeness (QED) is 0.727. The lowest BCUT2D eigenvalue weighted by Gasteiger charge is -2.08. The van der Waals surface area contributed by atoms with Gasteiger partial charge in [0.2, 0.25) is 0 Å². The van der Waals surface area contributed by atoms with E-state index in [0.717, 1.165) is 17.3 Å². The number of ether oxygens (including phenoxy) is 1. The van der Waals surface area contributed by atoms with E-state index in [1.807, 2.05) is 13.0 Å². The van der Waals surface area contributed by atoms with Crippen LogP contribution in [0.15, 0.2) is 29.8 Å². The molecule has 0 saturated carbocycles. The van der Waals surface area contributed by atoms with Gasteiger partial charge >= 0.3 is 6.61 Å². The average molecular weight is 291 g/mol. The van der Waals surface area contributed by atoms with Crippen molar-refractivity contribution in [3.8, 4) is 5.75 Å². The zero-order chi connectivity index (χ0) is 12.0. The highest BCUT2D eigenvalue weighted by Gasteiger charge is 2.07. The molecule has 0 saturated heterocycles. The van der Waals surface area contributed by atoms with Crippen molar-refractivity contribution >= 4 is 22.0 Å². The fraction of sp³-hybridized carbons (Fsp3) is 0.333. The molecule has 0 bridgehead atoms. The van der Waals surface area contributed by atoms with Crippen LogP contribution in [0.25, 0.3) is 6.08 Å². The molecule has 0 fully saturated rings. The minimum atomic E-state index is -2.79. The van der Waals surface area contributed by atoms with Crippen molar-refractivity contribution in [3.63, 3.8) is 0 Å². The lowest BCUT2D eigenvalue weighted by Crippen LogP contribution is -2.03. The fourth-order valence-corrected chi connectivity index (χ4v) is 1.82. The highest BCUT2D eigenvalue weighted by atomic mass is 79.9. The molecule has 0 aromatic heterocycles. The van der Waals surface area contributed by atoms with Crippen LogP contribution in [0, 0.1) is 0 Å². The molecular formula is C12H13BrF2O. The maximum atomic E-state index is 12.1. The molecule has 4 heteroatoms. The molecule has 0 spiro atoms. The van der Waals surface area contributed by atoms with E-state index >= 15 is 0 Å². The van der Waals surface area contributed by atoms with Crippen LogP contribution in [-0.4, -0.2) is 11.9 Å². The van der Waals surface area contributed by atoms with E-state index in [4.69, 9.17) is 0 Å². The van der Waals surface area contributed by atoms with Gasteiger partial charge in [0.15, 0.2) is 0 Å². The smallest absolute Gasteiger partial charge is 0.387 e. The molecule has 0 atom stereocenters. The maximum Gasteiger partial charge on any atom is 0.387 e. The first kappa shape index (κ1) is 13.2. The number of allylic oxidation sites excluding steroid dienone is 1. The van der Waals surface area contributed by atoms with Crippen molar-refractivity contribution < 1.29 is 13.5 Å². The number of rotatable bonds is 5. The number of hydrogen-bond donors (Lipinski definition) is 0. The Labute approximate surface area is 102 Å². The summed E-state index contributed by atoms with van der Waals surface area (Å²) in [6.45, 7) is -0.771. The zero-order valence-electron chi connectivity index (χ0n) is 8.92. The van der Waals surface area contributed by atoms with E-state index < -0.39 is 6.61 Å². The molecule has 0 unspecified atom stereocenters. The van der Waals surface area contributed by atoms with Gasteiger partial charge in [0, 0.05) is 10.9 Å². The first-order valence-corrected chi connectivity index (χ1v) is 6.08. The van der Waals surface area contributed by atoms with Crippen molar-refractivity contribution in [2.45, 2.75) is 20.0 Å². The number of para-hydroxylation sites is 1. The Morgan fingerprint density at radius 2 is 2.12 bits per heavy atom. The first-order chi connectivity index (χ1) is 7.67. The molecule has 88 valence electrons. The molecule has 0 aliphatic heterocycles. The molecule has 1 nitrogen and oxygen atoms in total. The van der Waals surface area contributed by atoms with Gasteiger partial charge in [0.05, 0.1) is 0 Å². The summed E-state index contributed by atoms with van der Waals surface area (Å²) < 4.78 is 28.7. The summed E-state index contributed by atoms with van der Waals surface area (Å²) in [5, 5.41) is 0.729. The molecule has 0 radical (unpaired) electrons. The van der Waals surface area contributed by atoms with Crippen LogP contribution in [0.2, 0.25) is 0 Å². The minimum absolute atomic E-state index is 0.212. The van der Waals surface area contributed by atoms with Gasteiger partial charge in [-0.15, -0.1) is 0 Å². The monoisotopic (exact) mass is 290 g/mol. The van der Waals surface area contributed by atoms with E-state index in [2.05, 4.69) is 20.7 Å². The Kier molecular flexibility index (Phi) is 5.46. The summed E-state index contributed by atoms with van der Waals surface area (Å²) in [5.74, 6) is 0.212. The molecule has 1 aromatic carbocycles. The third-order valence-corrected chi connectivity index (χ3v) is 2.84. The summed E-state index contributed by atoms with van der Waals surface area (Å²) in [7, 11) is 0. The van der Waals surface area contributed by atoms with Gasteiger partial charge < -0.3 is 4.74 Å². The Morgan fingerprint density at radius 3 is 2.69 bits per heavy atom. The molecule has 1 rings (SSSR count). The fourth-order valence-electron chi connectivity index (χ4n) is 1.26. The Bertz CT molecular complexity index is 358. The highest BCUT2D eigenvalue weighted by molar-refractivity contribution is 9.09. The van der Waals surface area contributed by atoms with Crippen molar-refractivity contribution in [2.75, 3.05) is 5.33 Å². The van der Waals surface area contributed by atoms with E-state index in [9.17, 15) is 8.78 Å². The third kappa shape index (κ3) is 3.93. The van der Waals surface area contributed by atoms with Crippen molar-refractivity contribution in [1.82, 2.24) is 0 Å². The molecule has 0 aliphatic rings. The second-order valence-electron chi connectivity index (χ2n) is 3.21. The Morgan fingerprint density at radius 1 is 1.44 bits per heavy atom. The zero-order valence-corrected chi connectivity index (χ0v) is 10.5. The predicted octanol–water partition coefficient (Wildman–Crippen LogP) is 4.48. The molecule has 0 amide bonds. The summed E-state index contributed by atoms with van der Waals surface area (Å²) in [5.41, 5.74) is 1.81. The van der Waals surface area contributed by atoms with Crippen LogP contribution in [0.1, 0.15) is 18.9 Å². The topological polar surface area (TPSA) is 9.23 Å². The van der Waals surface area contributed by atoms with Gasteiger partial charge in [-0.1, -0.05) is 52.7 Å². The average Bonchev–Trinajstić information content (AvgIpc) is 2.27. The van der Waals surface area contributed by atoms with Crippen molar-refractivity contribution in [2.24, 2.45) is 0 Å². The summed E-state index contributed by atoms with van der Waals surface area (Å²) >= 11 is 3.35. The van der Waals surface area contributed by atoms with Gasteiger partial charge in [0.25, 0.3) is 0 Å². The van der Waals surface area contributed by atoms with Crippen LogP contribution in [0.4, 0.5) is 8.78 Å². The summed E-state index contributed by atoms with van der Waals surface area (Å²) in [6.07, 6.45) is 2.74. The normalized spacial score (nSPS) is 11.9. The predicted molar refractivity (Wildman–Crippen MR) is 65.1 cm³/mol. The van der Waals surface area contributed by atoms with Gasteiger partial charge in [-0.05, 0) is 12.5 Å². The van der Waals surface area contributed by atoms with Gasteiger partial charge in [-0.2, -0.15) is 8.78 Å².